The van der Waals surface area contributed by atoms with Crippen molar-refractivity contribution in [2.24, 2.45) is 7.05 Å². The Labute approximate surface area is 91.2 Å². The Hall–Kier alpha value is -0.970. The van der Waals surface area contributed by atoms with Crippen LogP contribution in [0.4, 0.5) is 0 Å². The van der Waals surface area contributed by atoms with Gasteiger partial charge in [-0.3, -0.25) is 0 Å². The molecule has 0 aliphatic rings. The first-order valence-corrected chi connectivity index (χ1v) is 5.72. The lowest BCUT2D eigenvalue weighted by atomic mass is 10.1. The summed E-state index contributed by atoms with van der Waals surface area (Å²) in [5.41, 5.74) is 0. The van der Waals surface area contributed by atoms with Crippen molar-refractivity contribution < 1.29 is 0 Å². The van der Waals surface area contributed by atoms with E-state index in [1.807, 2.05) is 0 Å². The van der Waals surface area contributed by atoms with Crippen LogP contribution in [0.3, 0.4) is 0 Å². The molecule has 1 heterocycles. The largest absolute Gasteiger partial charge is 0.314 e. The molecule has 0 amide bonds. The van der Waals surface area contributed by atoms with Gasteiger partial charge in [-0.1, -0.05) is 13.8 Å². The Morgan fingerprint density at radius 2 is 2.20 bits per heavy atom. The second kappa shape index (κ2) is 6.50. The Kier molecular flexibility index (Phi) is 5.25. The van der Waals surface area contributed by atoms with E-state index in [1.165, 1.54) is 11.2 Å². The maximum Gasteiger partial charge on any atom is 0.174 e. The van der Waals surface area contributed by atoms with Crippen molar-refractivity contribution in [3.63, 3.8) is 0 Å². The topological polar surface area (TPSA) is 55.6 Å². The first-order chi connectivity index (χ1) is 7.26. The van der Waals surface area contributed by atoms with Crippen LogP contribution in [0.25, 0.3) is 0 Å². The third-order valence-electron chi connectivity index (χ3n) is 2.44. The normalized spacial score (nSPS) is 13.0. The molecule has 1 rings (SSSR count). The van der Waals surface area contributed by atoms with Gasteiger partial charge in [0.15, 0.2) is 5.82 Å². The molecule has 0 radical (unpaired) electrons. The highest BCUT2D eigenvalue weighted by atomic mass is 15.6. The first-order valence-electron chi connectivity index (χ1n) is 5.72. The number of aromatic nitrogens is 4. The Balaban J connectivity index is 2.27. The molecule has 1 N–H and O–H groups in total. The van der Waals surface area contributed by atoms with Crippen LogP contribution in [-0.4, -0.2) is 32.8 Å². The van der Waals surface area contributed by atoms with Crippen molar-refractivity contribution in [3.05, 3.63) is 5.82 Å². The standard InChI is InChI=1S/C10H21N5/c1-4-8-11-9(5-2)6-7-10-12-14-15(3)13-10/h9,11H,4-8H2,1-3H3. The van der Waals surface area contributed by atoms with E-state index in [0.717, 1.165) is 31.6 Å². The molecule has 1 atom stereocenters. The number of aryl methyl sites for hydroxylation is 2. The van der Waals surface area contributed by atoms with Crippen LogP contribution in [0.2, 0.25) is 0 Å². The molecule has 0 fully saturated rings. The molecule has 86 valence electrons. The Morgan fingerprint density at radius 3 is 2.73 bits per heavy atom. The summed E-state index contributed by atoms with van der Waals surface area (Å²) in [5.74, 6) is 0.842. The van der Waals surface area contributed by atoms with E-state index in [-0.39, 0.29) is 0 Å². The molecule has 0 saturated carbocycles. The number of rotatable bonds is 7. The van der Waals surface area contributed by atoms with Gasteiger partial charge in [-0.2, -0.15) is 4.80 Å². The molecule has 0 aliphatic carbocycles. The first kappa shape index (κ1) is 12.1. The summed E-state index contributed by atoms with van der Waals surface area (Å²) >= 11 is 0. The van der Waals surface area contributed by atoms with E-state index >= 15 is 0 Å². The van der Waals surface area contributed by atoms with Crippen LogP contribution in [-0.2, 0) is 13.5 Å². The molecule has 1 aromatic heterocycles. The zero-order valence-corrected chi connectivity index (χ0v) is 9.90. The highest BCUT2D eigenvalue weighted by Gasteiger charge is 2.07. The van der Waals surface area contributed by atoms with E-state index in [2.05, 4.69) is 34.6 Å². The lowest BCUT2D eigenvalue weighted by Gasteiger charge is -2.14. The van der Waals surface area contributed by atoms with Crippen molar-refractivity contribution in [1.82, 2.24) is 25.5 Å². The molecular formula is C10H21N5. The highest BCUT2D eigenvalue weighted by Crippen LogP contribution is 2.02. The molecule has 0 aliphatic heterocycles. The molecule has 15 heavy (non-hydrogen) atoms. The van der Waals surface area contributed by atoms with Crippen molar-refractivity contribution >= 4 is 0 Å². The Morgan fingerprint density at radius 1 is 1.40 bits per heavy atom. The molecule has 0 saturated heterocycles. The summed E-state index contributed by atoms with van der Waals surface area (Å²) in [6.07, 6.45) is 4.32. The van der Waals surface area contributed by atoms with Crippen LogP contribution in [0.5, 0.6) is 0 Å². The molecule has 1 aromatic rings. The maximum atomic E-state index is 4.16. The predicted octanol–water partition coefficient (Wildman–Crippen LogP) is 0.921. The third kappa shape index (κ3) is 4.38. The van der Waals surface area contributed by atoms with Crippen molar-refractivity contribution in [1.29, 1.82) is 0 Å². The summed E-state index contributed by atoms with van der Waals surface area (Å²) in [4.78, 5) is 1.51. The van der Waals surface area contributed by atoms with Gasteiger partial charge < -0.3 is 5.32 Å². The number of nitrogens with zero attached hydrogens (tertiary/aromatic N) is 4. The summed E-state index contributed by atoms with van der Waals surface area (Å²) in [6.45, 7) is 5.48. The summed E-state index contributed by atoms with van der Waals surface area (Å²) < 4.78 is 0. The maximum absolute atomic E-state index is 4.16. The van der Waals surface area contributed by atoms with E-state index < -0.39 is 0 Å². The Bertz CT molecular complexity index is 271. The fraction of sp³-hybridized carbons (Fsp3) is 0.900. The van der Waals surface area contributed by atoms with Gasteiger partial charge in [0.2, 0.25) is 0 Å². The van der Waals surface area contributed by atoms with Crippen molar-refractivity contribution in [3.8, 4) is 0 Å². The van der Waals surface area contributed by atoms with Crippen LogP contribution >= 0.6 is 0 Å². The summed E-state index contributed by atoms with van der Waals surface area (Å²) in [7, 11) is 1.79. The number of nitrogens with one attached hydrogen (secondary N) is 1. The average Bonchev–Trinajstić information content (AvgIpc) is 2.65. The average molecular weight is 211 g/mol. The zero-order valence-electron chi connectivity index (χ0n) is 9.90. The van der Waals surface area contributed by atoms with Crippen LogP contribution < -0.4 is 5.32 Å². The van der Waals surface area contributed by atoms with E-state index in [4.69, 9.17) is 0 Å². The molecule has 5 nitrogen and oxygen atoms in total. The minimum Gasteiger partial charge on any atom is -0.314 e. The zero-order chi connectivity index (χ0) is 11.1. The summed E-state index contributed by atoms with van der Waals surface area (Å²) in [5, 5.41) is 15.5. The summed E-state index contributed by atoms with van der Waals surface area (Å²) in [6, 6.07) is 0.578. The quantitative estimate of drug-likeness (QED) is 0.728. The lowest BCUT2D eigenvalue weighted by molar-refractivity contribution is 0.464. The van der Waals surface area contributed by atoms with Gasteiger partial charge in [0, 0.05) is 12.5 Å². The van der Waals surface area contributed by atoms with E-state index in [1.54, 1.807) is 7.05 Å². The fourth-order valence-corrected chi connectivity index (χ4v) is 1.53. The lowest BCUT2D eigenvalue weighted by Crippen LogP contribution is -2.29. The van der Waals surface area contributed by atoms with Crippen LogP contribution in [0.15, 0.2) is 0 Å². The van der Waals surface area contributed by atoms with Gasteiger partial charge in [-0.05, 0) is 31.0 Å². The molecule has 1 unspecified atom stereocenters. The third-order valence-corrected chi connectivity index (χ3v) is 2.44. The minimum absolute atomic E-state index is 0.578. The van der Waals surface area contributed by atoms with Crippen LogP contribution in [0.1, 0.15) is 38.9 Å². The molecule has 0 spiro atoms. The smallest absolute Gasteiger partial charge is 0.174 e. The molecular weight excluding hydrogens is 190 g/mol. The van der Waals surface area contributed by atoms with E-state index in [9.17, 15) is 0 Å². The second-order valence-corrected chi connectivity index (χ2v) is 3.79. The molecule has 5 heteroatoms. The highest BCUT2D eigenvalue weighted by molar-refractivity contribution is 4.79. The van der Waals surface area contributed by atoms with Gasteiger partial charge in [0.05, 0.1) is 7.05 Å². The van der Waals surface area contributed by atoms with Gasteiger partial charge >= 0.3 is 0 Å². The number of hydrogen-bond donors (Lipinski definition) is 1. The second-order valence-electron chi connectivity index (χ2n) is 3.79. The molecule has 0 bridgehead atoms. The SMILES string of the molecule is CCCNC(CC)CCc1nnn(C)n1. The van der Waals surface area contributed by atoms with Gasteiger partial charge in [0.25, 0.3) is 0 Å². The number of tetrazole rings is 1. The van der Waals surface area contributed by atoms with Gasteiger partial charge in [0.1, 0.15) is 0 Å². The van der Waals surface area contributed by atoms with Gasteiger partial charge in [-0.15, -0.1) is 10.2 Å². The van der Waals surface area contributed by atoms with Crippen LogP contribution in [0, 0.1) is 0 Å². The van der Waals surface area contributed by atoms with Crippen molar-refractivity contribution in [2.45, 2.75) is 45.6 Å². The monoisotopic (exact) mass is 211 g/mol. The fourth-order valence-electron chi connectivity index (χ4n) is 1.53. The van der Waals surface area contributed by atoms with E-state index in [0.29, 0.717) is 6.04 Å². The molecule has 0 aromatic carbocycles. The predicted molar refractivity (Wildman–Crippen MR) is 59.5 cm³/mol. The van der Waals surface area contributed by atoms with Gasteiger partial charge in [-0.25, -0.2) is 0 Å². The minimum atomic E-state index is 0.578. The number of hydrogen-bond acceptors (Lipinski definition) is 4. The van der Waals surface area contributed by atoms with Crippen molar-refractivity contribution in [2.75, 3.05) is 6.54 Å².